The highest BCUT2D eigenvalue weighted by atomic mass is 16.4. The summed E-state index contributed by atoms with van der Waals surface area (Å²) in [4.78, 5) is 24.0. The second kappa shape index (κ2) is 4.30. The zero-order valence-corrected chi connectivity index (χ0v) is 6.91. The molecule has 1 aromatic rings. The molecule has 0 atom stereocenters. The van der Waals surface area contributed by atoms with Crippen molar-refractivity contribution in [2.75, 3.05) is 6.54 Å². The van der Waals surface area contributed by atoms with Crippen LogP contribution in [0.5, 0.6) is 0 Å². The Bertz CT molecular complexity index is 292. The molecule has 1 rings (SSSR count). The number of aromatic nitrogens is 1. The number of carbonyl (C=O) groups is 2. The fourth-order valence-corrected chi connectivity index (χ4v) is 0.850. The predicted octanol–water partition coefficient (Wildman–Crippen LogP) is 0.219. The highest BCUT2D eigenvalue weighted by molar-refractivity contribution is 5.92. The van der Waals surface area contributed by atoms with E-state index in [0.29, 0.717) is 5.69 Å². The monoisotopic (exact) mass is 182 g/mol. The van der Waals surface area contributed by atoms with E-state index in [2.05, 4.69) is 10.3 Å². The van der Waals surface area contributed by atoms with Crippen LogP contribution in [0.2, 0.25) is 0 Å². The van der Waals surface area contributed by atoms with Crippen molar-refractivity contribution in [3.8, 4) is 0 Å². The van der Waals surface area contributed by atoms with Crippen LogP contribution in [0.3, 0.4) is 0 Å². The van der Waals surface area contributed by atoms with Gasteiger partial charge in [0, 0.05) is 12.7 Å². The minimum Gasteiger partial charge on any atom is -0.481 e. The number of aliphatic carboxylic acids is 1. The summed E-state index contributed by atoms with van der Waals surface area (Å²) in [5.41, 5.74) is 0.436. The Balaban J connectivity index is 2.31. The number of aromatic amines is 1. The lowest BCUT2D eigenvalue weighted by molar-refractivity contribution is -0.136. The normalized spacial score (nSPS) is 9.54. The number of carboxylic acids is 1. The van der Waals surface area contributed by atoms with Crippen molar-refractivity contribution in [2.24, 2.45) is 0 Å². The first-order valence-electron chi connectivity index (χ1n) is 3.83. The van der Waals surface area contributed by atoms with Gasteiger partial charge in [0.1, 0.15) is 5.69 Å². The smallest absolute Gasteiger partial charge is 0.305 e. The molecule has 0 bridgehead atoms. The third-order valence-corrected chi connectivity index (χ3v) is 1.47. The number of amides is 1. The summed E-state index contributed by atoms with van der Waals surface area (Å²) in [7, 11) is 0. The highest BCUT2D eigenvalue weighted by Crippen LogP contribution is 1.93. The second-order valence-corrected chi connectivity index (χ2v) is 2.48. The Morgan fingerprint density at radius 3 is 2.85 bits per heavy atom. The molecule has 0 aliphatic heterocycles. The molecular formula is C8H10N2O3. The number of rotatable bonds is 4. The van der Waals surface area contributed by atoms with Gasteiger partial charge in [-0.1, -0.05) is 0 Å². The van der Waals surface area contributed by atoms with Gasteiger partial charge in [-0.2, -0.15) is 0 Å². The molecule has 5 heteroatoms. The molecular weight excluding hydrogens is 172 g/mol. The molecule has 13 heavy (non-hydrogen) atoms. The van der Waals surface area contributed by atoms with Crippen molar-refractivity contribution in [1.82, 2.24) is 10.3 Å². The summed E-state index contributed by atoms with van der Waals surface area (Å²) in [6, 6.07) is 3.32. The molecule has 0 fully saturated rings. The lowest BCUT2D eigenvalue weighted by Gasteiger charge is -2.00. The summed E-state index contributed by atoms with van der Waals surface area (Å²) < 4.78 is 0. The average Bonchev–Trinajstić information content (AvgIpc) is 2.55. The summed E-state index contributed by atoms with van der Waals surface area (Å²) in [5.74, 6) is -1.21. The van der Waals surface area contributed by atoms with Gasteiger partial charge in [0.05, 0.1) is 6.42 Å². The van der Waals surface area contributed by atoms with Gasteiger partial charge in [0.2, 0.25) is 0 Å². The van der Waals surface area contributed by atoms with Crippen LogP contribution in [0.25, 0.3) is 0 Å². The molecule has 0 aliphatic rings. The van der Waals surface area contributed by atoms with Crippen LogP contribution in [0.15, 0.2) is 18.3 Å². The van der Waals surface area contributed by atoms with E-state index in [1.807, 2.05) is 0 Å². The van der Waals surface area contributed by atoms with Gasteiger partial charge in [0.25, 0.3) is 5.91 Å². The van der Waals surface area contributed by atoms with E-state index in [1.54, 1.807) is 18.3 Å². The van der Waals surface area contributed by atoms with Gasteiger partial charge in [-0.15, -0.1) is 0 Å². The van der Waals surface area contributed by atoms with Crippen LogP contribution in [-0.2, 0) is 4.79 Å². The quantitative estimate of drug-likeness (QED) is 0.622. The first-order valence-corrected chi connectivity index (χ1v) is 3.83. The molecule has 1 heterocycles. The van der Waals surface area contributed by atoms with Crippen LogP contribution in [0, 0.1) is 0 Å². The van der Waals surface area contributed by atoms with E-state index in [0.717, 1.165) is 0 Å². The topological polar surface area (TPSA) is 82.2 Å². The van der Waals surface area contributed by atoms with Crippen LogP contribution in [0.1, 0.15) is 16.9 Å². The Labute approximate surface area is 74.8 Å². The minimum absolute atomic E-state index is 0.0630. The minimum atomic E-state index is -0.924. The summed E-state index contributed by atoms with van der Waals surface area (Å²) in [6.45, 7) is 0.146. The molecule has 3 N–H and O–H groups in total. The molecule has 0 unspecified atom stereocenters. The first kappa shape index (κ1) is 9.31. The van der Waals surface area contributed by atoms with Gasteiger partial charge < -0.3 is 15.4 Å². The molecule has 0 spiro atoms. The largest absolute Gasteiger partial charge is 0.481 e. The lowest BCUT2D eigenvalue weighted by atomic mass is 10.4. The van der Waals surface area contributed by atoms with Crippen molar-refractivity contribution in [1.29, 1.82) is 0 Å². The zero-order valence-electron chi connectivity index (χ0n) is 6.91. The third-order valence-electron chi connectivity index (χ3n) is 1.47. The van der Waals surface area contributed by atoms with E-state index in [9.17, 15) is 9.59 Å². The van der Waals surface area contributed by atoms with Gasteiger partial charge in [0.15, 0.2) is 0 Å². The Morgan fingerprint density at radius 2 is 2.31 bits per heavy atom. The van der Waals surface area contributed by atoms with Crippen molar-refractivity contribution in [3.05, 3.63) is 24.0 Å². The number of hydrogen-bond donors (Lipinski definition) is 3. The van der Waals surface area contributed by atoms with Crippen LogP contribution >= 0.6 is 0 Å². The lowest BCUT2D eigenvalue weighted by Crippen LogP contribution is -2.26. The number of nitrogens with one attached hydrogen (secondary N) is 2. The van der Waals surface area contributed by atoms with Gasteiger partial charge in [-0.3, -0.25) is 9.59 Å². The number of carboxylic acid groups (broad SMARTS) is 1. The number of carbonyl (C=O) groups excluding carboxylic acids is 1. The summed E-state index contributed by atoms with van der Waals surface area (Å²) >= 11 is 0. The summed E-state index contributed by atoms with van der Waals surface area (Å²) in [6.07, 6.45) is 1.57. The molecule has 5 nitrogen and oxygen atoms in total. The number of hydrogen-bond acceptors (Lipinski definition) is 2. The molecule has 0 aliphatic carbocycles. The fourth-order valence-electron chi connectivity index (χ4n) is 0.850. The SMILES string of the molecule is O=C(O)CCNC(=O)c1ccc[nH]1. The van der Waals surface area contributed by atoms with Crippen LogP contribution in [0.4, 0.5) is 0 Å². The maximum atomic E-state index is 11.2. The highest BCUT2D eigenvalue weighted by Gasteiger charge is 2.05. The van der Waals surface area contributed by atoms with Gasteiger partial charge in [-0.25, -0.2) is 0 Å². The Kier molecular flexibility index (Phi) is 3.08. The fraction of sp³-hybridized carbons (Fsp3) is 0.250. The maximum Gasteiger partial charge on any atom is 0.305 e. The molecule has 1 aromatic heterocycles. The van der Waals surface area contributed by atoms with Crippen molar-refractivity contribution in [2.45, 2.75) is 6.42 Å². The molecule has 70 valence electrons. The van der Waals surface area contributed by atoms with E-state index >= 15 is 0 Å². The Hall–Kier alpha value is -1.78. The average molecular weight is 182 g/mol. The molecule has 0 aromatic carbocycles. The molecule has 0 saturated heterocycles. The second-order valence-electron chi connectivity index (χ2n) is 2.48. The van der Waals surface area contributed by atoms with E-state index in [-0.39, 0.29) is 18.9 Å². The van der Waals surface area contributed by atoms with Crippen LogP contribution in [-0.4, -0.2) is 28.5 Å². The van der Waals surface area contributed by atoms with E-state index in [4.69, 9.17) is 5.11 Å². The standard InChI is InChI=1S/C8H10N2O3/c11-7(12)3-5-10-8(13)6-2-1-4-9-6/h1-2,4,9H,3,5H2,(H,10,13)(H,11,12). The van der Waals surface area contributed by atoms with Gasteiger partial charge >= 0.3 is 5.97 Å². The molecule has 0 radical (unpaired) electrons. The van der Waals surface area contributed by atoms with Crippen molar-refractivity contribution in [3.63, 3.8) is 0 Å². The van der Waals surface area contributed by atoms with Crippen molar-refractivity contribution < 1.29 is 14.7 Å². The van der Waals surface area contributed by atoms with Crippen molar-refractivity contribution >= 4 is 11.9 Å². The third kappa shape index (κ3) is 2.98. The first-order chi connectivity index (χ1) is 6.20. The zero-order chi connectivity index (χ0) is 9.68. The van der Waals surface area contributed by atoms with Crippen LogP contribution < -0.4 is 5.32 Å². The molecule has 0 saturated carbocycles. The van der Waals surface area contributed by atoms with Gasteiger partial charge in [-0.05, 0) is 12.1 Å². The van der Waals surface area contributed by atoms with E-state index in [1.165, 1.54) is 0 Å². The maximum absolute atomic E-state index is 11.2. The Morgan fingerprint density at radius 1 is 1.54 bits per heavy atom. The predicted molar refractivity (Wildman–Crippen MR) is 45.4 cm³/mol. The van der Waals surface area contributed by atoms with E-state index < -0.39 is 5.97 Å². The molecule has 1 amide bonds. The number of H-pyrrole nitrogens is 1. The summed E-state index contributed by atoms with van der Waals surface area (Å²) in [5, 5.41) is 10.8.